The van der Waals surface area contributed by atoms with Crippen molar-refractivity contribution >= 4 is 34.0 Å². The molecule has 0 N–H and O–H groups in total. The third-order valence-corrected chi connectivity index (χ3v) is 7.85. The van der Waals surface area contributed by atoms with Crippen molar-refractivity contribution in [1.29, 1.82) is 0 Å². The molecule has 0 atom stereocenters. The van der Waals surface area contributed by atoms with Crippen LogP contribution in [-0.2, 0) is 24.7 Å². The maximum absolute atomic E-state index is 6.38. The number of benzene rings is 1. The monoisotopic (exact) mass is 401 g/mol. The molecule has 0 amide bonds. The summed E-state index contributed by atoms with van der Waals surface area (Å²) in [5.74, 6) is 0. The summed E-state index contributed by atoms with van der Waals surface area (Å²) >= 11 is 0. The number of rotatable bonds is 4. The molecule has 1 aromatic carbocycles. The lowest BCUT2D eigenvalue weighted by molar-refractivity contribution is 0.00578. The van der Waals surface area contributed by atoms with Crippen LogP contribution in [0.5, 0.6) is 0 Å². The minimum atomic E-state index is -0.525. The van der Waals surface area contributed by atoms with E-state index in [2.05, 4.69) is 86.7 Å². The van der Waals surface area contributed by atoms with Crippen LogP contribution in [0.1, 0.15) is 61.0 Å². The van der Waals surface area contributed by atoms with Crippen molar-refractivity contribution < 1.29 is 18.6 Å². The van der Waals surface area contributed by atoms with Crippen LogP contribution in [0.3, 0.4) is 0 Å². The Morgan fingerprint density at radius 3 is 1.29 bits per heavy atom. The third-order valence-electron chi connectivity index (χ3n) is 6.79. The second-order valence-corrected chi connectivity index (χ2v) is 13.2. The van der Waals surface area contributed by atoms with Crippen molar-refractivity contribution in [3.8, 4) is 0 Å². The van der Waals surface area contributed by atoms with E-state index >= 15 is 0 Å². The Hall–Kier alpha value is -0.593. The largest absolute Gasteiger partial charge is 0.495 e. The highest BCUT2D eigenvalue weighted by Crippen LogP contribution is 2.38. The van der Waals surface area contributed by atoms with Crippen molar-refractivity contribution in [3.63, 3.8) is 0 Å². The fourth-order valence-corrected chi connectivity index (χ4v) is 4.68. The molecule has 1 aromatic rings. The van der Waals surface area contributed by atoms with Gasteiger partial charge in [0.25, 0.3) is 0 Å². The van der Waals surface area contributed by atoms with Crippen LogP contribution >= 0.6 is 0 Å². The summed E-state index contributed by atoms with van der Waals surface area (Å²) in [5, 5.41) is 0. The van der Waals surface area contributed by atoms with Gasteiger partial charge in [-0.25, -0.2) is 0 Å². The van der Waals surface area contributed by atoms with Gasteiger partial charge in [0.1, 0.15) is 0 Å². The highest BCUT2D eigenvalue weighted by atomic mass is 28.3. The molecule has 2 aliphatic rings. The van der Waals surface area contributed by atoms with Crippen LogP contribution in [0, 0.1) is 0 Å². The molecule has 28 heavy (non-hydrogen) atoms. The first-order valence-electron chi connectivity index (χ1n) is 10.3. The molecule has 0 aliphatic carbocycles. The van der Waals surface area contributed by atoms with Crippen LogP contribution in [0.4, 0.5) is 0 Å². The van der Waals surface area contributed by atoms with Crippen molar-refractivity contribution in [2.75, 3.05) is 0 Å². The maximum atomic E-state index is 6.38. The SMILES string of the molecule is C[Si](C)Cc1c(B2OC(C)(C)C(C)(C)O2)cccc1B1OC(C)(C)C(C)(C)O1. The van der Waals surface area contributed by atoms with Gasteiger partial charge in [-0.15, -0.1) is 0 Å². The highest BCUT2D eigenvalue weighted by Gasteiger charge is 2.54. The maximum Gasteiger partial charge on any atom is 0.495 e. The lowest BCUT2D eigenvalue weighted by Crippen LogP contribution is -2.46. The molecule has 7 heteroatoms. The van der Waals surface area contributed by atoms with Gasteiger partial charge < -0.3 is 18.6 Å². The standard InChI is InChI=1S/C21H35B2O4Si/c1-18(2)19(3,4)25-22(24-18)16-12-11-13-17(15(16)14-28(9)10)23-26-20(5,6)21(7,8)27-23/h11-13H,14H2,1-10H3. The van der Waals surface area contributed by atoms with Gasteiger partial charge in [-0.3, -0.25) is 0 Å². The molecule has 2 heterocycles. The van der Waals surface area contributed by atoms with Crippen molar-refractivity contribution in [1.82, 2.24) is 0 Å². The van der Waals surface area contributed by atoms with E-state index in [1.165, 1.54) is 5.56 Å². The molecular formula is C21H35B2O4Si. The van der Waals surface area contributed by atoms with Crippen LogP contribution < -0.4 is 10.9 Å². The Morgan fingerprint density at radius 2 is 1.00 bits per heavy atom. The first-order chi connectivity index (χ1) is 12.7. The van der Waals surface area contributed by atoms with Gasteiger partial charge in [0, 0.05) is 8.80 Å². The summed E-state index contributed by atoms with van der Waals surface area (Å²) in [6.45, 7) is 21.4. The zero-order valence-electron chi connectivity index (χ0n) is 19.2. The lowest BCUT2D eigenvalue weighted by atomic mass is 9.68. The minimum Gasteiger partial charge on any atom is -0.399 e. The van der Waals surface area contributed by atoms with Crippen LogP contribution in [0.25, 0.3) is 0 Å². The van der Waals surface area contributed by atoms with Crippen molar-refractivity contribution in [2.24, 2.45) is 0 Å². The molecule has 0 bridgehead atoms. The second-order valence-electron chi connectivity index (χ2n) is 10.5. The predicted molar refractivity (Wildman–Crippen MR) is 119 cm³/mol. The fourth-order valence-electron chi connectivity index (χ4n) is 3.56. The highest BCUT2D eigenvalue weighted by molar-refractivity contribution is 6.68. The second kappa shape index (κ2) is 6.98. The van der Waals surface area contributed by atoms with Crippen LogP contribution in [-0.4, -0.2) is 45.4 Å². The molecular weight excluding hydrogens is 366 g/mol. The molecule has 0 unspecified atom stereocenters. The van der Waals surface area contributed by atoms with E-state index in [4.69, 9.17) is 18.6 Å². The van der Waals surface area contributed by atoms with Crippen LogP contribution in [0.15, 0.2) is 18.2 Å². The molecule has 0 spiro atoms. The quantitative estimate of drug-likeness (QED) is 0.727. The molecule has 1 radical (unpaired) electrons. The average Bonchev–Trinajstić information content (AvgIpc) is 2.86. The smallest absolute Gasteiger partial charge is 0.399 e. The predicted octanol–water partition coefficient (Wildman–Crippen LogP) is 3.12. The summed E-state index contributed by atoms with van der Waals surface area (Å²) in [6.07, 6.45) is 0. The van der Waals surface area contributed by atoms with Gasteiger partial charge in [0.15, 0.2) is 0 Å². The Labute approximate surface area is 173 Å². The zero-order chi connectivity index (χ0) is 21.1. The summed E-state index contributed by atoms with van der Waals surface area (Å²) in [5.41, 5.74) is 2.04. The Kier molecular flexibility index (Phi) is 5.51. The Morgan fingerprint density at radius 1 is 0.679 bits per heavy atom. The summed E-state index contributed by atoms with van der Waals surface area (Å²) in [6, 6.07) is 7.36. The van der Waals surface area contributed by atoms with E-state index in [9.17, 15) is 0 Å². The molecule has 4 nitrogen and oxygen atoms in total. The Bertz CT molecular complexity index is 660. The molecule has 0 saturated carbocycles. The molecule has 2 saturated heterocycles. The van der Waals surface area contributed by atoms with Crippen LogP contribution in [0.2, 0.25) is 13.1 Å². The van der Waals surface area contributed by atoms with E-state index in [0.29, 0.717) is 0 Å². The molecule has 2 fully saturated rings. The van der Waals surface area contributed by atoms with Gasteiger partial charge in [0.2, 0.25) is 0 Å². The van der Waals surface area contributed by atoms with E-state index in [0.717, 1.165) is 17.0 Å². The molecule has 153 valence electrons. The van der Waals surface area contributed by atoms with Gasteiger partial charge in [0.05, 0.1) is 22.4 Å². The summed E-state index contributed by atoms with van der Waals surface area (Å²) in [4.78, 5) is 0. The van der Waals surface area contributed by atoms with Gasteiger partial charge in [-0.2, -0.15) is 0 Å². The fraction of sp³-hybridized carbons (Fsp3) is 0.714. The third kappa shape index (κ3) is 3.76. The average molecular weight is 401 g/mol. The van der Waals surface area contributed by atoms with E-state index in [1.807, 2.05) is 0 Å². The summed E-state index contributed by atoms with van der Waals surface area (Å²) < 4.78 is 25.5. The van der Waals surface area contributed by atoms with Gasteiger partial charge in [-0.1, -0.05) is 36.9 Å². The van der Waals surface area contributed by atoms with Gasteiger partial charge in [-0.05, 0) is 72.4 Å². The van der Waals surface area contributed by atoms with E-state index < -0.39 is 8.80 Å². The topological polar surface area (TPSA) is 36.9 Å². The molecule has 3 rings (SSSR count). The number of hydrogen-bond donors (Lipinski definition) is 0. The van der Waals surface area contributed by atoms with Crippen molar-refractivity contribution in [3.05, 3.63) is 23.8 Å². The lowest BCUT2D eigenvalue weighted by Gasteiger charge is -2.32. The molecule has 0 aromatic heterocycles. The van der Waals surface area contributed by atoms with Crippen molar-refractivity contribution in [2.45, 2.75) is 96.9 Å². The van der Waals surface area contributed by atoms with E-state index in [1.54, 1.807) is 0 Å². The first-order valence-corrected chi connectivity index (χ1v) is 13.0. The Balaban J connectivity index is 2.03. The van der Waals surface area contributed by atoms with Gasteiger partial charge >= 0.3 is 14.2 Å². The van der Waals surface area contributed by atoms with E-state index in [-0.39, 0.29) is 36.6 Å². The minimum absolute atomic E-state index is 0.360. The summed E-state index contributed by atoms with van der Waals surface area (Å²) in [7, 11) is -1.27. The normalized spacial score (nSPS) is 25.0. The molecule has 2 aliphatic heterocycles. The zero-order valence-corrected chi connectivity index (χ0v) is 20.2. The first kappa shape index (κ1) is 22.1. The number of hydrogen-bond acceptors (Lipinski definition) is 4.